The monoisotopic (exact) mass is 286 g/mol. The Morgan fingerprint density at radius 3 is 2.68 bits per heavy atom. The Hall–Kier alpha value is -0.710. The van der Waals surface area contributed by atoms with Crippen LogP contribution in [0.25, 0.3) is 0 Å². The Labute approximate surface area is 119 Å². The van der Waals surface area contributed by atoms with Crippen molar-refractivity contribution in [1.82, 2.24) is 0 Å². The molecule has 0 aromatic heterocycles. The van der Waals surface area contributed by atoms with Crippen LogP contribution in [-0.2, 0) is 19.1 Å². The minimum atomic E-state index is -0.585. The molecule has 108 valence electrons. The average molecular weight is 286 g/mol. The largest absolute Gasteiger partial charge is 0.458 e. The molecule has 2 unspecified atom stereocenters. The van der Waals surface area contributed by atoms with Gasteiger partial charge in [-0.15, -0.1) is 0 Å². The molecule has 2 rings (SSSR count). The van der Waals surface area contributed by atoms with Crippen molar-refractivity contribution in [1.29, 1.82) is 0 Å². The van der Waals surface area contributed by atoms with Gasteiger partial charge in [-0.1, -0.05) is 13.3 Å². The van der Waals surface area contributed by atoms with Crippen LogP contribution in [-0.4, -0.2) is 29.4 Å². The highest BCUT2D eigenvalue weighted by Crippen LogP contribution is 2.40. The number of hydrogen-bond acceptors (Lipinski definition) is 5. The first-order chi connectivity index (χ1) is 9.07. The average Bonchev–Trinajstić information content (AvgIpc) is 2.86. The Bertz CT molecular complexity index is 349. The highest BCUT2D eigenvalue weighted by atomic mass is 32.1. The fourth-order valence-electron chi connectivity index (χ4n) is 2.91. The molecule has 0 spiro atoms. The first-order valence-electron chi connectivity index (χ1n) is 7.10. The number of hydrogen-bond donors (Lipinski definition) is 1. The van der Waals surface area contributed by atoms with E-state index in [4.69, 9.17) is 9.47 Å². The predicted molar refractivity (Wildman–Crippen MR) is 74.0 cm³/mol. The van der Waals surface area contributed by atoms with Gasteiger partial charge in [-0.3, -0.25) is 9.59 Å². The summed E-state index contributed by atoms with van der Waals surface area (Å²) < 4.78 is 11.2. The van der Waals surface area contributed by atoms with Crippen LogP contribution in [0.1, 0.15) is 51.9 Å². The highest BCUT2D eigenvalue weighted by molar-refractivity contribution is 7.80. The molecule has 1 saturated heterocycles. The van der Waals surface area contributed by atoms with Crippen molar-refractivity contribution in [2.75, 3.05) is 5.75 Å². The lowest BCUT2D eigenvalue weighted by Gasteiger charge is -2.40. The molecule has 0 N–H and O–H groups in total. The molecular weight excluding hydrogens is 264 g/mol. The van der Waals surface area contributed by atoms with Gasteiger partial charge in [0, 0.05) is 12.2 Å². The lowest BCUT2D eigenvalue weighted by atomic mass is 9.79. The fraction of sp³-hybridized carbons (Fsp3) is 0.857. The third-order valence-corrected chi connectivity index (χ3v) is 4.70. The molecule has 1 aliphatic heterocycles. The molecule has 4 nitrogen and oxygen atoms in total. The van der Waals surface area contributed by atoms with Gasteiger partial charge in [0.25, 0.3) is 0 Å². The van der Waals surface area contributed by atoms with Gasteiger partial charge in [0.15, 0.2) is 0 Å². The lowest BCUT2D eigenvalue weighted by molar-refractivity contribution is -0.188. The van der Waals surface area contributed by atoms with E-state index in [1.807, 2.05) is 6.92 Å². The fourth-order valence-corrected chi connectivity index (χ4v) is 3.06. The van der Waals surface area contributed by atoms with Crippen molar-refractivity contribution in [3.05, 3.63) is 0 Å². The van der Waals surface area contributed by atoms with Crippen LogP contribution < -0.4 is 0 Å². The number of carbonyl (C=O) groups is 2. The van der Waals surface area contributed by atoms with E-state index in [2.05, 4.69) is 12.6 Å². The third kappa shape index (κ3) is 3.25. The van der Waals surface area contributed by atoms with Crippen molar-refractivity contribution in [2.24, 2.45) is 5.92 Å². The molecule has 1 aliphatic carbocycles. The van der Waals surface area contributed by atoms with Gasteiger partial charge >= 0.3 is 11.9 Å². The lowest BCUT2D eigenvalue weighted by Crippen LogP contribution is -2.48. The topological polar surface area (TPSA) is 52.6 Å². The summed E-state index contributed by atoms with van der Waals surface area (Å²) in [5, 5.41) is 0. The number of esters is 2. The maximum Gasteiger partial charge on any atom is 0.310 e. The van der Waals surface area contributed by atoms with Gasteiger partial charge in [0.05, 0.1) is 5.92 Å². The second-order valence-electron chi connectivity index (χ2n) is 5.65. The minimum Gasteiger partial charge on any atom is -0.458 e. The predicted octanol–water partition coefficient (Wildman–Crippen LogP) is 2.50. The van der Waals surface area contributed by atoms with Gasteiger partial charge in [0.1, 0.15) is 11.7 Å². The first kappa shape index (κ1) is 14.7. The highest BCUT2D eigenvalue weighted by Gasteiger charge is 2.48. The normalized spacial score (nSPS) is 27.7. The molecule has 1 heterocycles. The Balaban J connectivity index is 2.10. The van der Waals surface area contributed by atoms with Gasteiger partial charge in [-0.25, -0.2) is 0 Å². The van der Waals surface area contributed by atoms with Crippen molar-refractivity contribution in [2.45, 2.75) is 63.6 Å². The summed E-state index contributed by atoms with van der Waals surface area (Å²) in [6.07, 6.45) is 5.66. The van der Waals surface area contributed by atoms with Gasteiger partial charge in [-0.2, -0.15) is 12.6 Å². The van der Waals surface area contributed by atoms with Gasteiger partial charge in [0.2, 0.25) is 0 Å². The maximum atomic E-state index is 12.1. The zero-order valence-corrected chi connectivity index (χ0v) is 12.3. The standard InChI is InChI=1S/C14H22O4S/c1-10(9-19)13(16)18-14(7-3-2-4-8-14)11-5-6-12(15)17-11/h10-11,19H,2-9H2,1H3. The van der Waals surface area contributed by atoms with E-state index in [1.165, 1.54) is 0 Å². The molecule has 2 atom stereocenters. The molecule has 1 saturated carbocycles. The van der Waals surface area contributed by atoms with E-state index in [0.29, 0.717) is 18.6 Å². The van der Waals surface area contributed by atoms with E-state index in [-0.39, 0.29) is 24.0 Å². The van der Waals surface area contributed by atoms with E-state index in [9.17, 15) is 9.59 Å². The number of ether oxygens (including phenoxy) is 2. The van der Waals surface area contributed by atoms with Crippen molar-refractivity contribution in [3.8, 4) is 0 Å². The molecule has 0 aromatic rings. The number of thiol groups is 1. The quantitative estimate of drug-likeness (QED) is 0.637. The van der Waals surface area contributed by atoms with Crippen molar-refractivity contribution >= 4 is 24.6 Å². The summed E-state index contributed by atoms with van der Waals surface area (Å²) in [4.78, 5) is 23.4. The van der Waals surface area contributed by atoms with Crippen molar-refractivity contribution in [3.63, 3.8) is 0 Å². The minimum absolute atomic E-state index is 0.173. The first-order valence-corrected chi connectivity index (χ1v) is 7.74. The number of carbonyl (C=O) groups excluding carboxylic acids is 2. The summed E-state index contributed by atoms with van der Waals surface area (Å²) in [7, 11) is 0. The molecule has 0 radical (unpaired) electrons. The maximum absolute atomic E-state index is 12.1. The summed E-state index contributed by atoms with van der Waals surface area (Å²) >= 11 is 4.14. The molecule has 2 fully saturated rings. The van der Waals surface area contributed by atoms with Crippen LogP contribution in [0.15, 0.2) is 0 Å². The van der Waals surface area contributed by atoms with Crippen LogP contribution in [0.5, 0.6) is 0 Å². The molecule has 0 amide bonds. The smallest absolute Gasteiger partial charge is 0.310 e. The summed E-state index contributed by atoms with van der Waals surface area (Å²) in [5.74, 6) is -0.147. The molecule has 19 heavy (non-hydrogen) atoms. The molecule has 0 bridgehead atoms. The van der Waals surface area contributed by atoms with E-state index < -0.39 is 5.60 Å². The summed E-state index contributed by atoms with van der Waals surface area (Å²) in [6.45, 7) is 1.81. The van der Waals surface area contributed by atoms with Crippen LogP contribution in [0.4, 0.5) is 0 Å². The van der Waals surface area contributed by atoms with E-state index in [1.54, 1.807) is 0 Å². The van der Waals surface area contributed by atoms with E-state index in [0.717, 1.165) is 32.1 Å². The van der Waals surface area contributed by atoms with Crippen LogP contribution in [0, 0.1) is 5.92 Å². The van der Waals surface area contributed by atoms with Gasteiger partial charge < -0.3 is 9.47 Å². The Morgan fingerprint density at radius 2 is 2.16 bits per heavy atom. The summed E-state index contributed by atoms with van der Waals surface area (Å²) in [5.41, 5.74) is -0.585. The Kier molecular flexibility index (Phi) is 4.76. The molecular formula is C14H22O4S. The Morgan fingerprint density at radius 1 is 1.47 bits per heavy atom. The van der Waals surface area contributed by atoms with Crippen LogP contribution >= 0.6 is 12.6 Å². The van der Waals surface area contributed by atoms with Crippen LogP contribution in [0.2, 0.25) is 0 Å². The molecule has 2 aliphatic rings. The van der Waals surface area contributed by atoms with Gasteiger partial charge in [-0.05, 0) is 32.1 Å². The number of cyclic esters (lactones) is 1. The van der Waals surface area contributed by atoms with Crippen molar-refractivity contribution < 1.29 is 19.1 Å². The molecule has 0 aromatic carbocycles. The van der Waals surface area contributed by atoms with E-state index >= 15 is 0 Å². The molecule has 5 heteroatoms. The zero-order chi connectivity index (χ0) is 13.9. The number of rotatable bonds is 4. The van der Waals surface area contributed by atoms with Crippen LogP contribution in [0.3, 0.4) is 0 Å². The second-order valence-corrected chi connectivity index (χ2v) is 6.01. The SMILES string of the molecule is CC(CS)C(=O)OC1(C2CCC(=O)O2)CCCCC1. The third-order valence-electron chi connectivity index (χ3n) is 4.15. The summed E-state index contributed by atoms with van der Waals surface area (Å²) in [6, 6.07) is 0. The second kappa shape index (κ2) is 6.16. The zero-order valence-electron chi connectivity index (χ0n) is 11.4.